The highest BCUT2D eigenvalue weighted by atomic mass is 127. The van der Waals surface area contributed by atoms with Crippen molar-refractivity contribution in [3.63, 3.8) is 0 Å². The first-order valence-electron chi connectivity index (χ1n) is 6.36. The molecule has 22 heavy (non-hydrogen) atoms. The molecule has 9 heteroatoms. The highest BCUT2D eigenvalue weighted by molar-refractivity contribution is 14.0. The quantitative estimate of drug-likeness (QED) is 0.326. The fourth-order valence-corrected chi connectivity index (χ4v) is 2.91. The Kier molecular flexibility index (Phi) is 7.23. The van der Waals surface area contributed by atoms with Gasteiger partial charge in [-0.25, -0.2) is 9.38 Å². The number of benzene rings is 1. The topological polar surface area (TPSA) is 41.6 Å². The van der Waals surface area contributed by atoms with Crippen LogP contribution >= 0.6 is 35.7 Å². The maximum Gasteiger partial charge on any atom is 0.416 e. The van der Waals surface area contributed by atoms with Crippen LogP contribution in [0.5, 0.6) is 0 Å². The van der Waals surface area contributed by atoms with Gasteiger partial charge in [0.25, 0.3) is 0 Å². The Morgan fingerprint density at radius 3 is 2.50 bits per heavy atom. The Balaban J connectivity index is 0.00000242. The predicted octanol–water partition coefficient (Wildman–Crippen LogP) is 3.33. The molecule has 2 rings (SSSR count). The van der Waals surface area contributed by atoms with Crippen molar-refractivity contribution in [2.75, 3.05) is 24.6 Å². The van der Waals surface area contributed by atoms with E-state index in [0.29, 0.717) is 6.07 Å². The number of halogens is 5. The first-order chi connectivity index (χ1) is 9.88. The van der Waals surface area contributed by atoms with Crippen molar-refractivity contribution in [2.45, 2.75) is 12.7 Å². The van der Waals surface area contributed by atoms with Gasteiger partial charge in [0.05, 0.1) is 12.1 Å². The molecule has 0 amide bonds. The Bertz CT molecular complexity index is 531. The van der Waals surface area contributed by atoms with Crippen molar-refractivity contribution in [3.8, 4) is 0 Å². The molecule has 124 valence electrons. The molecule has 0 aromatic heterocycles. The number of nitrogens with zero attached hydrogens (tertiary/aromatic N) is 2. The lowest BCUT2D eigenvalue weighted by atomic mass is 10.1. The third kappa shape index (κ3) is 5.18. The lowest BCUT2D eigenvalue weighted by molar-refractivity contribution is -0.138. The fraction of sp³-hybridized carbons (Fsp3) is 0.462. The molecule has 1 aliphatic heterocycles. The molecule has 1 aromatic rings. The summed E-state index contributed by atoms with van der Waals surface area (Å²) in [6, 6.07) is 2.58. The van der Waals surface area contributed by atoms with Crippen molar-refractivity contribution in [1.29, 1.82) is 0 Å². The van der Waals surface area contributed by atoms with E-state index < -0.39 is 17.6 Å². The fourth-order valence-electron chi connectivity index (χ4n) is 2.01. The van der Waals surface area contributed by atoms with Gasteiger partial charge in [-0.05, 0) is 17.7 Å². The third-order valence-corrected chi connectivity index (χ3v) is 4.07. The van der Waals surface area contributed by atoms with Gasteiger partial charge in [-0.15, -0.1) is 24.0 Å². The summed E-state index contributed by atoms with van der Waals surface area (Å²) in [6.45, 7) is 1.25. The van der Waals surface area contributed by atoms with Crippen molar-refractivity contribution in [3.05, 3.63) is 35.1 Å². The molecule has 1 aromatic carbocycles. The second-order valence-corrected chi connectivity index (χ2v) is 5.80. The summed E-state index contributed by atoms with van der Waals surface area (Å²) < 4.78 is 51.5. The zero-order valence-electron chi connectivity index (χ0n) is 11.6. The number of aliphatic imine (C=N–C) groups is 1. The average molecular weight is 449 g/mol. The molecule has 0 spiro atoms. The van der Waals surface area contributed by atoms with Gasteiger partial charge in [0.2, 0.25) is 0 Å². The number of alkyl halides is 3. The van der Waals surface area contributed by atoms with Crippen LogP contribution in [0, 0.1) is 5.82 Å². The Morgan fingerprint density at radius 2 is 1.91 bits per heavy atom. The number of rotatable bonds is 2. The summed E-state index contributed by atoms with van der Waals surface area (Å²) in [6.07, 6.45) is -4.61. The van der Waals surface area contributed by atoms with E-state index in [0.717, 1.165) is 36.7 Å². The van der Waals surface area contributed by atoms with Gasteiger partial charge in [-0.1, -0.05) is 6.07 Å². The molecule has 2 N–H and O–H groups in total. The van der Waals surface area contributed by atoms with Crippen LogP contribution in [0.25, 0.3) is 0 Å². The molecule has 1 heterocycles. The number of hydrogen-bond acceptors (Lipinski definition) is 2. The second-order valence-electron chi connectivity index (χ2n) is 4.57. The third-order valence-electron chi connectivity index (χ3n) is 3.12. The number of hydrogen-bond donors (Lipinski definition) is 1. The zero-order chi connectivity index (χ0) is 15.5. The molecule has 1 fully saturated rings. The van der Waals surface area contributed by atoms with Gasteiger partial charge >= 0.3 is 6.18 Å². The largest absolute Gasteiger partial charge is 0.416 e. The molecule has 0 atom stereocenters. The minimum absolute atomic E-state index is 0. The highest BCUT2D eigenvalue weighted by Crippen LogP contribution is 2.32. The molecule has 1 saturated heterocycles. The lowest BCUT2D eigenvalue weighted by Crippen LogP contribution is -2.42. The van der Waals surface area contributed by atoms with Crippen LogP contribution in [-0.4, -0.2) is 35.5 Å². The standard InChI is InChI=1S/C13H15F4N3S.HI/c14-10-2-1-9(11(7-10)13(15,16)17)8-19-12(18)20-3-5-21-6-4-20;/h1-2,7H,3-6,8H2,(H2,18,19);1H. The highest BCUT2D eigenvalue weighted by Gasteiger charge is 2.33. The summed E-state index contributed by atoms with van der Waals surface area (Å²) in [7, 11) is 0. The molecule has 0 aliphatic carbocycles. The van der Waals surface area contributed by atoms with Gasteiger partial charge in [0.1, 0.15) is 5.82 Å². The molecule has 0 saturated carbocycles. The van der Waals surface area contributed by atoms with Crippen LogP contribution in [0.15, 0.2) is 23.2 Å². The van der Waals surface area contributed by atoms with Crippen LogP contribution in [0.2, 0.25) is 0 Å². The van der Waals surface area contributed by atoms with E-state index in [1.807, 2.05) is 4.90 Å². The summed E-state index contributed by atoms with van der Waals surface area (Å²) >= 11 is 1.80. The maximum atomic E-state index is 13.0. The molecule has 3 nitrogen and oxygen atoms in total. The monoisotopic (exact) mass is 449 g/mol. The van der Waals surface area contributed by atoms with E-state index in [-0.39, 0.29) is 42.0 Å². The lowest BCUT2D eigenvalue weighted by Gasteiger charge is -2.27. The van der Waals surface area contributed by atoms with Crippen molar-refractivity contribution >= 4 is 41.7 Å². The average Bonchev–Trinajstić information content (AvgIpc) is 2.45. The molecular weight excluding hydrogens is 433 g/mol. The van der Waals surface area contributed by atoms with E-state index in [4.69, 9.17) is 5.73 Å². The number of nitrogens with two attached hydrogens (primary N) is 1. The smallest absolute Gasteiger partial charge is 0.370 e. The number of thioether (sulfide) groups is 1. The zero-order valence-corrected chi connectivity index (χ0v) is 14.7. The summed E-state index contributed by atoms with van der Waals surface area (Å²) in [5.74, 6) is 1.14. The number of guanidine groups is 1. The molecular formula is C13H16F4IN3S. The van der Waals surface area contributed by atoms with Gasteiger partial charge < -0.3 is 10.6 Å². The Morgan fingerprint density at radius 1 is 1.27 bits per heavy atom. The van der Waals surface area contributed by atoms with Gasteiger partial charge in [0, 0.05) is 24.6 Å². The summed E-state index contributed by atoms with van der Waals surface area (Å²) in [5, 5.41) is 0. The molecule has 0 radical (unpaired) electrons. The van der Waals surface area contributed by atoms with Crippen LogP contribution < -0.4 is 5.73 Å². The van der Waals surface area contributed by atoms with E-state index >= 15 is 0 Å². The van der Waals surface area contributed by atoms with Gasteiger partial charge in [-0.2, -0.15) is 24.9 Å². The predicted molar refractivity (Wildman–Crippen MR) is 91.0 cm³/mol. The minimum atomic E-state index is -4.61. The molecule has 0 bridgehead atoms. The second kappa shape index (κ2) is 8.23. The van der Waals surface area contributed by atoms with Gasteiger partial charge in [0.15, 0.2) is 5.96 Å². The molecule has 1 aliphatic rings. The van der Waals surface area contributed by atoms with Crippen molar-refractivity contribution in [1.82, 2.24) is 4.90 Å². The normalized spacial score (nSPS) is 16.4. The van der Waals surface area contributed by atoms with E-state index in [9.17, 15) is 17.6 Å². The Labute approximate surface area is 147 Å². The van der Waals surface area contributed by atoms with Crippen LogP contribution in [-0.2, 0) is 12.7 Å². The van der Waals surface area contributed by atoms with Crippen LogP contribution in [0.1, 0.15) is 11.1 Å². The van der Waals surface area contributed by atoms with E-state index in [1.165, 1.54) is 0 Å². The van der Waals surface area contributed by atoms with Crippen molar-refractivity contribution < 1.29 is 17.6 Å². The van der Waals surface area contributed by atoms with Crippen LogP contribution in [0.3, 0.4) is 0 Å². The van der Waals surface area contributed by atoms with E-state index in [2.05, 4.69) is 4.99 Å². The minimum Gasteiger partial charge on any atom is -0.370 e. The van der Waals surface area contributed by atoms with Crippen LogP contribution in [0.4, 0.5) is 17.6 Å². The van der Waals surface area contributed by atoms with Crippen molar-refractivity contribution in [2.24, 2.45) is 10.7 Å². The Hall–Kier alpha value is -0.710. The maximum absolute atomic E-state index is 13.0. The van der Waals surface area contributed by atoms with Gasteiger partial charge in [-0.3, -0.25) is 0 Å². The first-order valence-corrected chi connectivity index (χ1v) is 7.51. The molecule has 0 unspecified atom stereocenters. The van der Waals surface area contributed by atoms with E-state index in [1.54, 1.807) is 11.8 Å². The SMILES string of the molecule is I.NC(=NCc1ccc(F)cc1C(F)(F)F)N1CCSCC1. The summed E-state index contributed by atoms with van der Waals surface area (Å²) in [5.41, 5.74) is 4.71. The first kappa shape index (κ1) is 19.3. The summed E-state index contributed by atoms with van der Waals surface area (Å²) in [4.78, 5) is 5.85.